The van der Waals surface area contributed by atoms with Crippen LogP contribution in [0.2, 0.25) is 0 Å². The number of nitrogens with zero attached hydrogens (tertiary/aromatic N) is 1. The fourth-order valence-electron chi connectivity index (χ4n) is 2.91. The molecule has 3 nitrogen and oxygen atoms in total. The van der Waals surface area contributed by atoms with Gasteiger partial charge >= 0.3 is 6.03 Å². The molecule has 0 radical (unpaired) electrons. The Morgan fingerprint density at radius 3 is 2.12 bits per heavy atom. The smallest absolute Gasteiger partial charge is 0.314 e. The molecule has 2 amide bonds. The lowest BCUT2D eigenvalue weighted by atomic mass is 10.1. The molecular formula is C21H18N2OS2. The van der Waals surface area contributed by atoms with Crippen molar-refractivity contribution in [2.75, 3.05) is 5.32 Å². The van der Waals surface area contributed by atoms with E-state index in [2.05, 4.69) is 29.6 Å². The third kappa shape index (κ3) is 3.79. The molecule has 0 aliphatic rings. The van der Waals surface area contributed by atoms with Crippen LogP contribution in [-0.2, 0) is 13.1 Å². The van der Waals surface area contributed by atoms with Crippen LogP contribution in [0.3, 0.4) is 0 Å². The van der Waals surface area contributed by atoms with Crippen LogP contribution < -0.4 is 5.32 Å². The summed E-state index contributed by atoms with van der Waals surface area (Å²) in [5.74, 6) is 0. The van der Waals surface area contributed by atoms with Crippen LogP contribution in [0, 0.1) is 0 Å². The molecule has 0 atom stereocenters. The molecule has 130 valence electrons. The van der Waals surface area contributed by atoms with Gasteiger partial charge in [-0.1, -0.05) is 48.5 Å². The summed E-state index contributed by atoms with van der Waals surface area (Å²) in [7, 11) is 0. The fraction of sp³-hybridized carbons (Fsp3) is 0.0952. The average Bonchev–Trinajstić information content (AvgIpc) is 3.35. The van der Waals surface area contributed by atoms with Crippen LogP contribution in [0.5, 0.6) is 0 Å². The van der Waals surface area contributed by atoms with Crippen molar-refractivity contribution in [2.24, 2.45) is 0 Å². The number of urea groups is 1. The summed E-state index contributed by atoms with van der Waals surface area (Å²) in [4.78, 5) is 17.2. The van der Waals surface area contributed by atoms with Crippen molar-refractivity contribution in [3.05, 3.63) is 87.2 Å². The van der Waals surface area contributed by atoms with E-state index >= 15 is 0 Å². The van der Waals surface area contributed by atoms with Gasteiger partial charge in [0.2, 0.25) is 0 Å². The Kier molecular flexibility index (Phi) is 5.00. The minimum atomic E-state index is -0.0804. The molecule has 0 bridgehead atoms. The maximum atomic E-state index is 13.0. The Morgan fingerprint density at radius 2 is 1.46 bits per heavy atom. The molecule has 26 heavy (non-hydrogen) atoms. The van der Waals surface area contributed by atoms with Crippen molar-refractivity contribution in [2.45, 2.75) is 13.1 Å². The lowest BCUT2D eigenvalue weighted by Gasteiger charge is -2.22. The molecule has 5 heteroatoms. The Bertz CT molecular complexity index is 952. The molecule has 4 rings (SSSR count). The first kappa shape index (κ1) is 16.8. The SMILES string of the molecule is O=C(Nc1cccc2ccccc12)N(Cc1cccs1)Cc1cccs1. The molecule has 2 aromatic heterocycles. The van der Waals surface area contributed by atoms with Gasteiger partial charge in [0.15, 0.2) is 0 Å². The third-order valence-corrected chi connectivity index (χ3v) is 5.89. The number of anilines is 1. The second-order valence-electron chi connectivity index (χ2n) is 5.97. The predicted octanol–water partition coefficient (Wildman–Crippen LogP) is 6.20. The zero-order valence-electron chi connectivity index (χ0n) is 14.1. The quantitative estimate of drug-likeness (QED) is 0.441. The van der Waals surface area contributed by atoms with Crippen LogP contribution in [0.1, 0.15) is 9.75 Å². The highest BCUT2D eigenvalue weighted by molar-refractivity contribution is 7.10. The number of thiophene rings is 2. The monoisotopic (exact) mass is 378 g/mol. The zero-order valence-corrected chi connectivity index (χ0v) is 15.7. The molecule has 0 saturated carbocycles. The van der Waals surface area contributed by atoms with E-state index in [1.54, 1.807) is 22.7 Å². The lowest BCUT2D eigenvalue weighted by Crippen LogP contribution is -2.33. The van der Waals surface area contributed by atoms with Gasteiger partial charge in [0, 0.05) is 15.1 Å². The number of fused-ring (bicyclic) bond motifs is 1. The first-order valence-corrected chi connectivity index (χ1v) is 10.1. The molecular weight excluding hydrogens is 360 g/mol. The van der Waals surface area contributed by atoms with E-state index in [0.29, 0.717) is 13.1 Å². The highest BCUT2D eigenvalue weighted by Gasteiger charge is 2.16. The molecule has 0 saturated heterocycles. The number of carbonyl (C=O) groups is 1. The summed E-state index contributed by atoms with van der Waals surface area (Å²) in [6.45, 7) is 1.21. The number of rotatable bonds is 5. The first-order chi connectivity index (χ1) is 12.8. The third-order valence-electron chi connectivity index (χ3n) is 4.17. The van der Waals surface area contributed by atoms with Gasteiger partial charge in [0.05, 0.1) is 18.8 Å². The first-order valence-electron chi connectivity index (χ1n) is 8.38. The Morgan fingerprint density at radius 1 is 0.808 bits per heavy atom. The minimum Gasteiger partial charge on any atom is -0.314 e. The number of amides is 2. The maximum absolute atomic E-state index is 13.0. The predicted molar refractivity (Wildman–Crippen MR) is 111 cm³/mol. The van der Waals surface area contributed by atoms with Gasteiger partial charge in [-0.15, -0.1) is 22.7 Å². The summed E-state index contributed by atoms with van der Waals surface area (Å²) in [6, 6.07) is 22.2. The van der Waals surface area contributed by atoms with E-state index in [1.807, 2.05) is 58.1 Å². The molecule has 0 unspecified atom stereocenters. The summed E-state index contributed by atoms with van der Waals surface area (Å²) < 4.78 is 0. The number of hydrogen-bond donors (Lipinski definition) is 1. The Balaban J connectivity index is 1.58. The molecule has 0 fully saturated rings. The van der Waals surface area contributed by atoms with Gasteiger partial charge in [-0.2, -0.15) is 0 Å². The second-order valence-corrected chi connectivity index (χ2v) is 8.04. The zero-order chi connectivity index (χ0) is 17.8. The van der Waals surface area contributed by atoms with E-state index < -0.39 is 0 Å². The number of nitrogens with one attached hydrogen (secondary N) is 1. The van der Waals surface area contributed by atoms with Gasteiger partial charge in [-0.3, -0.25) is 0 Å². The highest BCUT2D eigenvalue weighted by Crippen LogP contribution is 2.24. The van der Waals surface area contributed by atoms with E-state index in [0.717, 1.165) is 16.5 Å². The van der Waals surface area contributed by atoms with Crippen molar-refractivity contribution in [3.63, 3.8) is 0 Å². The topological polar surface area (TPSA) is 32.3 Å². The van der Waals surface area contributed by atoms with E-state index in [4.69, 9.17) is 0 Å². The number of hydrogen-bond acceptors (Lipinski definition) is 3. The van der Waals surface area contributed by atoms with Crippen LogP contribution in [0.4, 0.5) is 10.5 Å². The fourth-order valence-corrected chi connectivity index (χ4v) is 4.35. The van der Waals surface area contributed by atoms with Crippen molar-refractivity contribution in [1.29, 1.82) is 0 Å². The second kappa shape index (κ2) is 7.72. The Hall–Kier alpha value is -2.63. The van der Waals surface area contributed by atoms with E-state index in [1.165, 1.54) is 9.75 Å². The van der Waals surface area contributed by atoms with Crippen LogP contribution in [0.15, 0.2) is 77.5 Å². The maximum Gasteiger partial charge on any atom is 0.322 e. The summed E-state index contributed by atoms with van der Waals surface area (Å²) in [6.07, 6.45) is 0. The molecule has 1 N–H and O–H groups in total. The summed E-state index contributed by atoms with van der Waals surface area (Å²) in [5.41, 5.74) is 0.843. The summed E-state index contributed by atoms with van der Waals surface area (Å²) in [5, 5.41) is 9.36. The average molecular weight is 379 g/mol. The summed E-state index contributed by atoms with van der Waals surface area (Å²) >= 11 is 3.34. The van der Waals surface area contributed by atoms with Gasteiger partial charge in [0.1, 0.15) is 0 Å². The van der Waals surface area contributed by atoms with Crippen molar-refractivity contribution < 1.29 is 4.79 Å². The van der Waals surface area contributed by atoms with E-state index in [9.17, 15) is 4.79 Å². The van der Waals surface area contributed by atoms with Crippen molar-refractivity contribution >= 4 is 45.2 Å². The largest absolute Gasteiger partial charge is 0.322 e. The molecule has 0 aliphatic heterocycles. The normalized spacial score (nSPS) is 10.8. The van der Waals surface area contributed by atoms with Crippen LogP contribution in [0.25, 0.3) is 10.8 Å². The van der Waals surface area contributed by atoms with Crippen molar-refractivity contribution in [1.82, 2.24) is 4.90 Å². The van der Waals surface area contributed by atoms with Gasteiger partial charge in [-0.25, -0.2) is 4.79 Å². The van der Waals surface area contributed by atoms with Gasteiger partial charge in [-0.05, 0) is 34.3 Å². The van der Waals surface area contributed by atoms with Crippen LogP contribution >= 0.6 is 22.7 Å². The van der Waals surface area contributed by atoms with Crippen LogP contribution in [-0.4, -0.2) is 10.9 Å². The Labute approximate surface area is 160 Å². The van der Waals surface area contributed by atoms with Gasteiger partial charge in [0.25, 0.3) is 0 Å². The van der Waals surface area contributed by atoms with Crippen molar-refractivity contribution in [3.8, 4) is 0 Å². The number of carbonyl (C=O) groups excluding carboxylic acids is 1. The highest BCUT2D eigenvalue weighted by atomic mass is 32.1. The lowest BCUT2D eigenvalue weighted by molar-refractivity contribution is 0.207. The van der Waals surface area contributed by atoms with Gasteiger partial charge < -0.3 is 10.2 Å². The van der Waals surface area contributed by atoms with E-state index in [-0.39, 0.29) is 6.03 Å². The standard InChI is InChI=1S/C21H18N2OS2/c24-21(22-20-11-3-7-16-6-1-2-10-19(16)20)23(14-17-8-4-12-25-17)15-18-9-5-13-26-18/h1-13H,14-15H2,(H,22,24). The molecule has 2 heterocycles. The molecule has 0 spiro atoms. The molecule has 0 aliphatic carbocycles. The number of benzene rings is 2. The minimum absolute atomic E-state index is 0.0804. The molecule has 2 aromatic carbocycles. The molecule has 4 aromatic rings.